The van der Waals surface area contributed by atoms with Gasteiger partial charge >= 0.3 is 0 Å². The molecule has 0 saturated heterocycles. The molecule has 7 nitrogen and oxygen atoms in total. The molecule has 2 aliphatic heterocycles. The van der Waals surface area contributed by atoms with Crippen LogP contribution in [-0.2, 0) is 11.3 Å². The summed E-state index contributed by atoms with van der Waals surface area (Å²) in [6.45, 7) is 8.58. The molecule has 0 radical (unpaired) electrons. The molecule has 9 heteroatoms. The molecule has 3 heterocycles. The Bertz CT molecular complexity index is 1240. The Labute approximate surface area is 175 Å². The number of hydrogen-bond acceptors (Lipinski definition) is 7. The number of nitrogens with one attached hydrogen (secondary N) is 1. The van der Waals surface area contributed by atoms with Crippen molar-refractivity contribution in [1.82, 2.24) is 9.99 Å². The number of allylic oxidation sites excluding steroid dienone is 1. The summed E-state index contributed by atoms with van der Waals surface area (Å²) in [6.07, 6.45) is 1.66. The van der Waals surface area contributed by atoms with E-state index in [0.29, 0.717) is 33.6 Å². The van der Waals surface area contributed by atoms with E-state index in [4.69, 9.17) is 4.74 Å². The maximum absolute atomic E-state index is 13.3. The molecule has 29 heavy (non-hydrogen) atoms. The van der Waals surface area contributed by atoms with Gasteiger partial charge in [-0.05, 0) is 26.0 Å². The molecule has 1 amide bonds. The molecule has 1 aromatic carbocycles. The quantitative estimate of drug-likeness (QED) is 0.747. The minimum atomic E-state index is -0.294. The minimum absolute atomic E-state index is 0.134. The third-order valence-electron chi connectivity index (χ3n) is 4.74. The molecule has 0 atom stereocenters. The zero-order valence-corrected chi connectivity index (χ0v) is 17.9. The summed E-state index contributed by atoms with van der Waals surface area (Å²) in [5.74, 6) is 0.475. The molecule has 150 valence electrons. The van der Waals surface area contributed by atoms with E-state index >= 15 is 0 Å². The van der Waals surface area contributed by atoms with Crippen LogP contribution in [0.4, 0.5) is 5.69 Å². The van der Waals surface area contributed by atoms with Crippen LogP contribution in [0.15, 0.2) is 45.6 Å². The zero-order chi connectivity index (χ0) is 20.7. The van der Waals surface area contributed by atoms with E-state index in [2.05, 4.69) is 22.0 Å². The maximum Gasteiger partial charge on any atom is 0.276 e. The second kappa shape index (κ2) is 7.57. The van der Waals surface area contributed by atoms with Crippen LogP contribution in [0, 0.1) is 0 Å². The Morgan fingerprint density at radius 1 is 1.34 bits per heavy atom. The molecular formula is C20H20N4O3S2. The van der Waals surface area contributed by atoms with Crippen molar-refractivity contribution in [3.8, 4) is 5.75 Å². The number of thiazole rings is 1. The molecule has 0 saturated carbocycles. The fourth-order valence-corrected chi connectivity index (χ4v) is 5.95. The van der Waals surface area contributed by atoms with Crippen molar-refractivity contribution in [3.63, 3.8) is 0 Å². The fourth-order valence-electron chi connectivity index (χ4n) is 3.36. The van der Waals surface area contributed by atoms with Crippen molar-refractivity contribution >= 4 is 51.0 Å². The molecule has 1 aromatic heterocycles. The molecule has 4 rings (SSSR count). The largest absolute Gasteiger partial charge is 0.497 e. The number of nitrogens with zero attached hydrogens (tertiary/aromatic N) is 3. The first-order chi connectivity index (χ1) is 14.0. The number of thioether (sulfide) groups is 1. The van der Waals surface area contributed by atoms with Crippen LogP contribution in [0.2, 0.25) is 0 Å². The number of methoxy groups -OCH3 is 1. The Hall–Kier alpha value is -2.78. The van der Waals surface area contributed by atoms with Crippen LogP contribution in [0.25, 0.3) is 10.6 Å². The highest BCUT2D eigenvalue weighted by Gasteiger charge is 2.28. The van der Waals surface area contributed by atoms with Gasteiger partial charge in [0.15, 0.2) is 0 Å². The number of ether oxygens (including phenoxy) is 1. The highest BCUT2D eigenvalue weighted by molar-refractivity contribution is 8.08. The highest BCUT2D eigenvalue weighted by atomic mass is 32.2. The lowest BCUT2D eigenvalue weighted by atomic mass is 10.2. The summed E-state index contributed by atoms with van der Waals surface area (Å²) in [5.41, 5.74) is 4.36. The third-order valence-corrected chi connectivity index (χ3v) is 7.24. The topological polar surface area (TPSA) is 75.9 Å². The first-order valence-corrected chi connectivity index (χ1v) is 10.7. The molecule has 2 aromatic rings. The van der Waals surface area contributed by atoms with Crippen LogP contribution in [0.5, 0.6) is 5.75 Å². The lowest BCUT2D eigenvalue weighted by Crippen LogP contribution is -2.35. The Kier molecular flexibility index (Phi) is 5.10. The van der Waals surface area contributed by atoms with Gasteiger partial charge in [0.05, 0.1) is 24.1 Å². The Morgan fingerprint density at radius 2 is 2.14 bits per heavy atom. The summed E-state index contributed by atoms with van der Waals surface area (Å²) in [7, 11) is 1.64. The van der Waals surface area contributed by atoms with Crippen molar-refractivity contribution in [2.75, 3.05) is 18.6 Å². The number of hydrazone groups is 1. The second-order valence-corrected chi connectivity index (χ2v) is 8.47. The Morgan fingerprint density at radius 3 is 2.76 bits per heavy atom. The summed E-state index contributed by atoms with van der Waals surface area (Å²) in [6, 6.07) is 5.89. The minimum Gasteiger partial charge on any atom is -0.497 e. The maximum atomic E-state index is 13.3. The first-order valence-electron chi connectivity index (χ1n) is 9.07. The van der Waals surface area contributed by atoms with E-state index in [-0.39, 0.29) is 11.5 Å². The van der Waals surface area contributed by atoms with Gasteiger partial charge in [-0.2, -0.15) is 5.10 Å². The standard InChI is InChI=1S/C20H20N4O3S2/c1-5-9-24-18(26)16(29-19(24)15-11(3)21-22-17(15)25)20-23(6-2)13-10-12(27-4)7-8-14(13)28-20/h5,7-8,10H,1,6,9H2,2-4H3,(H,22,25). The molecule has 0 unspecified atom stereocenters. The van der Waals surface area contributed by atoms with Gasteiger partial charge in [0.25, 0.3) is 11.5 Å². The van der Waals surface area contributed by atoms with E-state index < -0.39 is 0 Å². The smallest absolute Gasteiger partial charge is 0.276 e. The lowest BCUT2D eigenvalue weighted by molar-refractivity contribution is -0.115. The molecule has 1 N–H and O–H groups in total. The van der Waals surface area contributed by atoms with Gasteiger partial charge in [0, 0.05) is 24.1 Å². The SMILES string of the molecule is C=CCn1c(=C2C(=O)NN=C2C)sc(=C2Sc3ccc(OC)cc3N2CC)c1=O. The van der Waals surface area contributed by atoms with E-state index in [1.165, 1.54) is 11.3 Å². The zero-order valence-electron chi connectivity index (χ0n) is 16.3. The number of amides is 1. The van der Waals surface area contributed by atoms with Crippen molar-refractivity contribution in [1.29, 1.82) is 0 Å². The molecule has 0 aliphatic carbocycles. The summed E-state index contributed by atoms with van der Waals surface area (Å²) in [4.78, 5) is 28.8. The predicted octanol–water partition coefficient (Wildman–Crippen LogP) is 1.46. The second-order valence-electron chi connectivity index (χ2n) is 6.44. The van der Waals surface area contributed by atoms with Crippen molar-refractivity contribution < 1.29 is 9.53 Å². The van der Waals surface area contributed by atoms with Gasteiger partial charge in [-0.25, -0.2) is 5.43 Å². The molecular weight excluding hydrogens is 408 g/mol. The van der Waals surface area contributed by atoms with Crippen molar-refractivity contribution in [2.45, 2.75) is 25.3 Å². The van der Waals surface area contributed by atoms with Crippen LogP contribution >= 0.6 is 23.1 Å². The van der Waals surface area contributed by atoms with E-state index in [9.17, 15) is 9.59 Å². The van der Waals surface area contributed by atoms with Gasteiger partial charge in [0.2, 0.25) is 0 Å². The normalized spacial score (nSPS) is 19.2. The number of fused-ring (bicyclic) bond motifs is 1. The fraction of sp³-hybridized carbons (Fsp3) is 0.250. The number of benzene rings is 1. The predicted molar refractivity (Wildman–Crippen MR) is 118 cm³/mol. The summed E-state index contributed by atoms with van der Waals surface area (Å²) >= 11 is 2.88. The van der Waals surface area contributed by atoms with Crippen LogP contribution < -0.4 is 29.8 Å². The lowest BCUT2D eigenvalue weighted by Gasteiger charge is -2.17. The van der Waals surface area contributed by atoms with Gasteiger partial charge in [-0.1, -0.05) is 17.8 Å². The molecule has 0 spiro atoms. The van der Waals surface area contributed by atoms with E-state index in [1.54, 1.807) is 36.4 Å². The van der Waals surface area contributed by atoms with Gasteiger partial charge in [0.1, 0.15) is 20.0 Å². The number of hydrogen-bond donors (Lipinski definition) is 1. The monoisotopic (exact) mass is 428 g/mol. The molecule has 0 fully saturated rings. The average molecular weight is 429 g/mol. The summed E-state index contributed by atoms with van der Waals surface area (Å²) < 4.78 is 8.15. The van der Waals surface area contributed by atoms with E-state index in [1.807, 2.05) is 25.1 Å². The third kappa shape index (κ3) is 3.10. The van der Waals surface area contributed by atoms with Gasteiger partial charge in [-0.3, -0.25) is 14.2 Å². The van der Waals surface area contributed by atoms with Gasteiger partial charge < -0.3 is 9.64 Å². The van der Waals surface area contributed by atoms with Crippen LogP contribution in [0.1, 0.15) is 13.8 Å². The number of rotatable bonds is 4. The number of aromatic nitrogens is 1. The summed E-state index contributed by atoms with van der Waals surface area (Å²) in [5, 5.41) is 4.87. The van der Waals surface area contributed by atoms with E-state index in [0.717, 1.165) is 21.4 Å². The molecule has 2 aliphatic rings. The Balaban J connectivity index is 2.02. The number of carbonyl (C=O) groups is 1. The van der Waals surface area contributed by atoms with Gasteiger partial charge in [-0.15, -0.1) is 17.9 Å². The van der Waals surface area contributed by atoms with Crippen molar-refractivity contribution in [2.24, 2.45) is 5.10 Å². The molecule has 0 bridgehead atoms. The van der Waals surface area contributed by atoms with Crippen LogP contribution in [0.3, 0.4) is 0 Å². The highest BCUT2D eigenvalue weighted by Crippen LogP contribution is 2.47. The van der Waals surface area contributed by atoms with Crippen LogP contribution in [-0.4, -0.2) is 29.8 Å². The number of carbonyl (C=O) groups excluding carboxylic acids is 1. The number of anilines is 1. The van der Waals surface area contributed by atoms with Crippen molar-refractivity contribution in [3.05, 3.63) is 50.4 Å². The first kappa shape index (κ1) is 19.5. The average Bonchev–Trinajstić information content (AvgIpc) is 3.35.